The maximum Gasteiger partial charge on any atom is 0.410 e. The van der Waals surface area contributed by atoms with E-state index in [-0.39, 0.29) is 12.6 Å². The van der Waals surface area contributed by atoms with E-state index in [1.165, 1.54) is 0 Å². The summed E-state index contributed by atoms with van der Waals surface area (Å²) in [7, 11) is 0. The summed E-state index contributed by atoms with van der Waals surface area (Å²) in [6.07, 6.45) is 2.29. The molecule has 0 bridgehead atoms. The molecule has 2 rings (SSSR count). The van der Waals surface area contributed by atoms with Crippen molar-refractivity contribution < 1.29 is 14.6 Å². The molecule has 2 atom stereocenters. The minimum Gasteiger partial charge on any atom is -0.445 e. The number of carbonyl (C=O) groups is 1. The summed E-state index contributed by atoms with van der Waals surface area (Å²) in [5.41, 5.74) is 0.948. The molecule has 1 amide bonds. The Morgan fingerprint density at radius 2 is 2.16 bits per heavy atom. The highest BCUT2D eigenvalue weighted by atomic mass is 16.6. The molecule has 102 valence electrons. The molecule has 1 N–H and O–H groups in total. The standard InChI is InChI=1S/C15H19NO3/c1-2-13-8-9-14(17)10-16(13)15(18)19-11-12-6-4-3-5-7-12/h2-7,13-14,17H,1,8-11H2/t13-,14-/m1/s1. The normalized spacial score (nSPS) is 22.9. The first kappa shape index (κ1) is 13.6. The predicted octanol–water partition coefficient (Wildman–Crippen LogP) is 2.33. The fourth-order valence-corrected chi connectivity index (χ4v) is 2.23. The molecule has 1 saturated heterocycles. The molecule has 1 aliphatic heterocycles. The average molecular weight is 261 g/mol. The van der Waals surface area contributed by atoms with E-state index in [2.05, 4.69) is 6.58 Å². The first-order valence-electron chi connectivity index (χ1n) is 6.48. The van der Waals surface area contributed by atoms with Crippen LogP contribution in [0.1, 0.15) is 18.4 Å². The fraction of sp³-hybridized carbons (Fsp3) is 0.400. The lowest BCUT2D eigenvalue weighted by Gasteiger charge is -2.35. The molecule has 0 radical (unpaired) electrons. The summed E-state index contributed by atoms with van der Waals surface area (Å²) >= 11 is 0. The van der Waals surface area contributed by atoms with Gasteiger partial charge in [-0.2, -0.15) is 0 Å². The Balaban J connectivity index is 1.92. The second-order valence-electron chi connectivity index (χ2n) is 4.73. The minimum absolute atomic E-state index is 0.0494. The SMILES string of the molecule is C=C[C@@H]1CC[C@@H](O)CN1C(=O)OCc1ccccc1. The van der Waals surface area contributed by atoms with Crippen LogP contribution in [0, 0.1) is 0 Å². The van der Waals surface area contributed by atoms with Crippen LogP contribution in [-0.2, 0) is 11.3 Å². The number of likely N-dealkylation sites (tertiary alicyclic amines) is 1. The van der Waals surface area contributed by atoms with E-state index in [4.69, 9.17) is 4.74 Å². The van der Waals surface area contributed by atoms with E-state index in [0.717, 1.165) is 12.0 Å². The van der Waals surface area contributed by atoms with Gasteiger partial charge in [-0.3, -0.25) is 4.90 Å². The van der Waals surface area contributed by atoms with Gasteiger partial charge >= 0.3 is 6.09 Å². The van der Waals surface area contributed by atoms with Crippen molar-refractivity contribution in [3.8, 4) is 0 Å². The predicted molar refractivity (Wildman–Crippen MR) is 72.6 cm³/mol. The van der Waals surface area contributed by atoms with Crippen molar-refractivity contribution in [1.29, 1.82) is 0 Å². The topological polar surface area (TPSA) is 49.8 Å². The number of nitrogens with zero attached hydrogens (tertiary/aromatic N) is 1. The lowest BCUT2D eigenvalue weighted by Crippen LogP contribution is -2.48. The quantitative estimate of drug-likeness (QED) is 0.850. The van der Waals surface area contributed by atoms with Crippen LogP contribution in [0.25, 0.3) is 0 Å². The van der Waals surface area contributed by atoms with Gasteiger partial charge in [0.2, 0.25) is 0 Å². The van der Waals surface area contributed by atoms with Crippen molar-refractivity contribution in [1.82, 2.24) is 4.90 Å². The van der Waals surface area contributed by atoms with Crippen LogP contribution in [0.15, 0.2) is 43.0 Å². The van der Waals surface area contributed by atoms with Crippen LogP contribution in [0.4, 0.5) is 4.79 Å². The molecule has 0 unspecified atom stereocenters. The zero-order valence-electron chi connectivity index (χ0n) is 10.9. The van der Waals surface area contributed by atoms with Gasteiger partial charge in [0.1, 0.15) is 6.61 Å². The lowest BCUT2D eigenvalue weighted by atomic mass is 10.0. The molecule has 4 heteroatoms. The molecule has 1 fully saturated rings. The second kappa shape index (κ2) is 6.38. The van der Waals surface area contributed by atoms with E-state index >= 15 is 0 Å². The number of piperidine rings is 1. The van der Waals surface area contributed by atoms with Gasteiger partial charge in [-0.05, 0) is 18.4 Å². The summed E-state index contributed by atoms with van der Waals surface area (Å²) in [4.78, 5) is 13.6. The molecule has 0 spiro atoms. The van der Waals surface area contributed by atoms with Crippen molar-refractivity contribution in [2.45, 2.75) is 31.6 Å². The van der Waals surface area contributed by atoms with Crippen molar-refractivity contribution in [2.24, 2.45) is 0 Å². The van der Waals surface area contributed by atoms with Gasteiger partial charge < -0.3 is 9.84 Å². The Bertz CT molecular complexity index is 432. The third-order valence-corrected chi connectivity index (χ3v) is 3.32. The molecule has 1 aromatic rings. The Hall–Kier alpha value is -1.81. The first-order chi connectivity index (χ1) is 9.20. The summed E-state index contributed by atoms with van der Waals surface area (Å²) in [6, 6.07) is 9.49. The zero-order chi connectivity index (χ0) is 13.7. The number of hydrogen-bond acceptors (Lipinski definition) is 3. The Kier molecular flexibility index (Phi) is 4.58. The lowest BCUT2D eigenvalue weighted by molar-refractivity contribution is 0.0311. The first-order valence-corrected chi connectivity index (χ1v) is 6.48. The summed E-state index contributed by atoms with van der Waals surface area (Å²) in [6.45, 7) is 4.29. The van der Waals surface area contributed by atoms with E-state index < -0.39 is 12.2 Å². The molecule has 0 aromatic heterocycles. The molecule has 0 aliphatic carbocycles. The van der Waals surface area contributed by atoms with Gasteiger partial charge in [-0.1, -0.05) is 36.4 Å². The van der Waals surface area contributed by atoms with Gasteiger partial charge in [0.15, 0.2) is 0 Å². The van der Waals surface area contributed by atoms with Gasteiger partial charge in [-0.15, -0.1) is 6.58 Å². The molecule has 1 heterocycles. The highest BCUT2D eigenvalue weighted by molar-refractivity contribution is 5.68. The Morgan fingerprint density at radius 3 is 2.84 bits per heavy atom. The van der Waals surface area contributed by atoms with Crippen LogP contribution in [0.3, 0.4) is 0 Å². The van der Waals surface area contributed by atoms with Crippen molar-refractivity contribution >= 4 is 6.09 Å². The van der Waals surface area contributed by atoms with E-state index in [1.807, 2.05) is 30.3 Å². The Morgan fingerprint density at radius 1 is 1.42 bits per heavy atom. The largest absolute Gasteiger partial charge is 0.445 e. The number of benzene rings is 1. The van der Waals surface area contributed by atoms with E-state index in [9.17, 15) is 9.90 Å². The number of ether oxygens (including phenoxy) is 1. The van der Waals surface area contributed by atoms with Gasteiger partial charge in [0.05, 0.1) is 18.7 Å². The number of amides is 1. The van der Waals surface area contributed by atoms with Gasteiger partial charge in [-0.25, -0.2) is 4.79 Å². The highest BCUT2D eigenvalue weighted by Crippen LogP contribution is 2.19. The van der Waals surface area contributed by atoms with Crippen molar-refractivity contribution in [2.75, 3.05) is 6.54 Å². The minimum atomic E-state index is -0.472. The number of rotatable bonds is 3. The number of aliphatic hydroxyl groups is 1. The highest BCUT2D eigenvalue weighted by Gasteiger charge is 2.29. The van der Waals surface area contributed by atoms with Crippen LogP contribution in [-0.4, -0.2) is 34.8 Å². The zero-order valence-corrected chi connectivity index (χ0v) is 10.9. The molecule has 1 aromatic carbocycles. The van der Waals surface area contributed by atoms with Crippen molar-refractivity contribution in [3.63, 3.8) is 0 Å². The number of carbonyl (C=O) groups excluding carboxylic acids is 1. The number of aliphatic hydroxyl groups excluding tert-OH is 1. The van der Waals surface area contributed by atoms with Crippen molar-refractivity contribution in [3.05, 3.63) is 48.6 Å². The van der Waals surface area contributed by atoms with Crippen LogP contribution in [0.5, 0.6) is 0 Å². The second-order valence-corrected chi connectivity index (χ2v) is 4.73. The number of β-amino-alcohol motifs (C(OH)–C–C–N with tert-alkyl or cyclic N) is 1. The number of hydrogen-bond donors (Lipinski definition) is 1. The van der Waals surface area contributed by atoms with Gasteiger partial charge in [0.25, 0.3) is 0 Å². The molecule has 19 heavy (non-hydrogen) atoms. The average Bonchev–Trinajstić information content (AvgIpc) is 2.46. The van der Waals surface area contributed by atoms with Crippen LogP contribution >= 0.6 is 0 Å². The molecule has 0 saturated carbocycles. The smallest absolute Gasteiger partial charge is 0.410 e. The van der Waals surface area contributed by atoms with Crippen LogP contribution in [0.2, 0.25) is 0 Å². The third-order valence-electron chi connectivity index (χ3n) is 3.32. The monoisotopic (exact) mass is 261 g/mol. The van der Waals surface area contributed by atoms with Crippen LogP contribution < -0.4 is 0 Å². The van der Waals surface area contributed by atoms with E-state index in [0.29, 0.717) is 13.0 Å². The Labute approximate surface area is 113 Å². The molecule has 1 aliphatic rings. The maximum atomic E-state index is 12.0. The maximum absolute atomic E-state index is 12.0. The summed E-state index contributed by atoms with van der Waals surface area (Å²) in [5.74, 6) is 0. The summed E-state index contributed by atoms with van der Waals surface area (Å²) < 4.78 is 5.28. The fourth-order valence-electron chi connectivity index (χ4n) is 2.23. The molecular formula is C15H19NO3. The summed E-state index contributed by atoms with van der Waals surface area (Å²) in [5, 5.41) is 9.64. The third kappa shape index (κ3) is 3.58. The van der Waals surface area contributed by atoms with Gasteiger partial charge in [0, 0.05) is 0 Å². The molecule has 4 nitrogen and oxygen atoms in total. The molecular weight excluding hydrogens is 242 g/mol. The van der Waals surface area contributed by atoms with E-state index in [1.54, 1.807) is 11.0 Å².